The Balaban J connectivity index is 1.84. The molecule has 0 aliphatic carbocycles. The first-order valence-corrected chi connectivity index (χ1v) is 7.27. The van der Waals surface area contributed by atoms with Gasteiger partial charge >= 0.3 is 0 Å². The number of nitrogens with one attached hydrogen (secondary N) is 2. The molecule has 1 aromatic carbocycles. The molecular weight excluding hydrogens is 268 g/mol. The number of hydrogen-bond acceptors (Lipinski definition) is 2. The van der Waals surface area contributed by atoms with Gasteiger partial charge in [-0.3, -0.25) is 0 Å². The minimum Gasteiger partial charge on any atom is -0.467 e. The van der Waals surface area contributed by atoms with Gasteiger partial charge in [-0.05, 0) is 54.4 Å². The van der Waals surface area contributed by atoms with E-state index >= 15 is 0 Å². The van der Waals surface area contributed by atoms with Gasteiger partial charge in [0.2, 0.25) is 0 Å². The molecular formula is C16H20N2OS. The van der Waals surface area contributed by atoms with Crippen LogP contribution in [0.1, 0.15) is 37.5 Å². The molecule has 0 radical (unpaired) electrons. The molecule has 0 aliphatic heterocycles. The van der Waals surface area contributed by atoms with E-state index in [1.54, 1.807) is 6.26 Å². The highest BCUT2D eigenvalue weighted by Gasteiger charge is 2.03. The lowest BCUT2D eigenvalue weighted by Gasteiger charge is -2.12. The quantitative estimate of drug-likeness (QED) is 0.805. The van der Waals surface area contributed by atoms with E-state index in [2.05, 4.69) is 48.7 Å². The first-order valence-electron chi connectivity index (χ1n) is 6.86. The summed E-state index contributed by atoms with van der Waals surface area (Å²) in [5.41, 5.74) is 2.35. The second kappa shape index (κ2) is 7.10. The zero-order chi connectivity index (χ0) is 14.4. The van der Waals surface area contributed by atoms with Crippen molar-refractivity contribution in [2.75, 3.05) is 5.32 Å². The average Bonchev–Trinajstić information content (AvgIpc) is 2.98. The summed E-state index contributed by atoms with van der Waals surface area (Å²) in [6.45, 7) is 5.02. The fraction of sp³-hybridized carbons (Fsp3) is 0.312. The van der Waals surface area contributed by atoms with Gasteiger partial charge in [0.15, 0.2) is 5.11 Å². The van der Waals surface area contributed by atoms with Crippen molar-refractivity contribution in [2.24, 2.45) is 0 Å². The van der Waals surface area contributed by atoms with Gasteiger partial charge in [-0.2, -0.15) is 0 Å². The van der Waals surface area contributed by atoms with E-state index in [4.69, 9.17) is 16.6 Å². The predicted molar refractivity (Wildman–Crippen MR) is 86.9 cm³/mol. The summed E-state index contributed by atoms with van der Waals surface area (Å²) < 4.78 is 5.24. The molecule has 4 heteroatoms. The Labute approximate surface area is 125 Å². The number of hydrogen-bond donors (Lipinski definition) is 2. The first kappa shape index (κ1) is 14.6. The summed E-state index contributed by atoms with van der Waals surface area (Å²) in [5.74, 6) is 1.45. The third-order valence-electron chi connectivity index (χ3n) is 3.35. The number of rotatable bonds is 5. The Morgan fingerprint density at radius 1 is 1.25 bits per heavy atom. The molecule has 20 heavy (non-hydrogen) atoms. The second-order valence-corrected chi connectivity index (χ2v) is 5.23. The summed E-state index contributed by atoms with van der Waals surface area (Å²) in [5, 5.41) is 6.87. The highest BCUT2D eigenvalue weighted by molar-refractivity contribution is 7.80. The Morgan fingerprint density at radius 3 is 2.60 bits per heavy atom. The highest BCUT2D eigenvalue weighted by Crippen LogP contribution is 2.20. The Morgan fingerprint density at radius 2 is 2.00 bits per heavy atom. The van der Waals surface area contributed by atoms with Gasteiger partial charge in [0, 0.05) is 5.69 Å². The van der Waals surface area contributed by atoms with Gasteiger partial charge in [-0.25, -0.2) is 0 Å². The normalized spacial score (nSPS) is 11.9. The summed E-state index contributed by atoms with van der Waals surface area (Å²) >= 11 is 5.25. The lowest BCUT2D eigenvalue weighted by molar-refractivity contribution is 0.503. The van der Waals surface area contributed by atoms with Gasteiger partial charge < -0.3 is 15.1 Å². The minimum absolute atomic E-state index is 0.587. The third kappa shape index (κ3) is 4.10. The van der Waals surface area contributed by atoms with Crippen molar-refractivity contribution in [3.63, 3.8) is 0 Å². The molecule has 0 aliphatic rings. The largest absolute Gasteiger partial charge is 0.467 e. The smallest absolute Gasteiger partial charge is 0.171 e. The van der Waals surface area contributed by atoms with E-state index < -0.39 is 0 Å². The van der Waals surface area contributed by atoms with Crippen LogP contribution in [0.5, 0.6) is 0 Å². The molecule has 0 bridgehead atoms. The van der Waals surface area contributed by atoms with Gasteiger partial charge in [0.05, 0.1) is 12.8 Å². The monoisotopic (exact) mass is 288 g/mol. The molecule has 2 N–H and O–H groups in total. The molecule has 1 atom stereocenters. The van der Waals surface area contributed by atoms with Crippen LogP contribution in [0.15, 0.2) is 47.1 Å². The van der Waals surface area contributed by atoms with Gasteiger partial charge in [0.25, 0.3) is 0 Å². The topological polar surface area (TPSA) is 37.2 Å². The van der Waals surface area contributed by atoms with Crippen molar-refractivity contribution in [3.05, 3.63) is 54.0 Å². The molecule has 1 aromatic heterocycles. The first-order chi connectivity index (χ1) is 9.69. The van der Waals surface area contributed by atoms with Gasteiger partial charge in [-0.1, -0.05) is 26.0 Å². The number of furan rings is 1. The van der Waals surface area contributed by atoms with E-state index in [1.165, 1.54) is 5.56 Å². The van der Waals surface area contributed by atoms with Crippen LogP contribution in [-0.4, -0.2) is 5.11 Å². The average molecular weight is 288 g/mol. The van der Waals surface area contributed by atoms with Crippen molar-refractivity contribution < 1.29 is 4.42 Å². The van der Waals surface area contributed by atoms with Crippen LogP contribution in [-0.2, 0) is 6.54 Å². The molecule has 0 saturated heterocycles. The molecule has 3 nitrogen and oxygen atoms in total. The van der Waals surface area contributed by atoms with Crippen LogP contribution in [0.2, 0.25) is 0 Å². The van der Waals surface area contributed by atoms with Crippen LogP contribution in [0.3, 0.4) is 0 Å². The molecule has 0 fully saturated rings. The summed E-state index contributed by atoms with van der Waals surface area (Å²) in [6.07, 6.45) is 2.80. The van der Waals surface area contributed by atoms with Crippen molar-refractivity contribution in [2.45, 2.75) is 32.7 Å². The Hall–Kier alpha value is -1.81. The maximum atomic E-state index is 5.25. The summed E-state index contributed by atoms with van der Waals surface area (Å²) in [4.78, 5) is 0. The highest BCUT2D eigenvalue weighted by atomic mass is 32.1. The van der Waals surface area contributed by atoms with Crippen LogP contribution in [0.25, 0.3) is 0 Å². The van der Waals surface area contributed by atoms with Crippen molar-refractivity contribution in [3.8, 4) is 0 Å². The Bertz CT molecular complexity index is 534. The zero-order valence-electron chi connectivity index (χ0n) is 11.8. The lowest BCUT2D eigenvalue weighted by atomic mass is 9.99. The van der Waals surface area contributed by atoms with E-state index in [-0.39, 0.29) is 0 Å². The molecule has 0 spiro atoms. The standard InChI is InChI=1S/C16H20N2OS/c1-3-12(2)13-6-8-14(9-7-13)18-16(20)17-11-15-5-4-10-19-15/h4-10,12H,3,11H2,1-2H3,(H2,17,18,20)/t12-/m1/s1. The third-order valence-corrected chi connectivity index (χ3v) is 3.60. The molecule has 0 saturated carbocycles. The molecule has 1 heterocycles. The maximum absolute atomic E-state index is 5.25. The number of thiocarbonyl (C=S) groups is 1. The van der Waals surface area contributed by atoms with Crippen molar-refractivity contribution in [1.82, 2.24) is 5.32 Å². The second-order valence-electron chi connectivity index (χ2n) is 4.82. The fourth-order valence-corrected chi connectivity index (χ4v) is 2.08. The van der Waals surface area contributed by atoms with E-state index in [9.17, 15) is 0 Å². The Kier molecular flexibility index (Phi) is 5.18. The molecule has 106 valence electrons. The van der Waals surface area contributed by atoms with E-state index in [0.29, 0.717) is 17.6 Å². The summed E-state index contributed by atoms with van der Waals surface area (Å²) in [6, 6.07) is 12.2. The van der Waals surface area contributed by atoms with Crippen molar-refractivity contribution in [1.29, 1.82) is 0 Å². The van der Waals surface area contributed by atoms with Crippen molar-refractivity contribution >= 4 is 23.0 Å². The molecule has 0 amide bonds. The minimum atomic E-state index is 0.587. The van der Waals surface area contributed by atoms with Gasteiger partial charge in [-0.15, -0.1) is 0 Å². The lowest BCUT2D eigenvalue weighted by Crippen LogP contribution is -2.27. The van der Waals surface area contributed by atoms with Crippen LogP contribution in [0.4, 0.5) is 5.69 Å². The van der Waals surface area contributed by atoms with E-state index in [0.717, 1.165) is 17.9 Å². The van der Waals surface area contributed by atoms with Crippen LogP contribution >= 0.6 is 12.2 Å². The molecule has 2 aromatic rings. The maximum Gasteiger partial charge on any atom is 0.171 e. The van der Waals surface area contributed by atoms with E-state index in [1.807, 2.05) is 12.1 Å². The van der Waals surface area contributed by atoms with Gasteiger partial charge in [0.1, 0.15) is 5.76 Å². The van der Waals surface area contributed by atoms with Crippen LogP contribution < -0.4 is 10.6 Å². The summed E-state index contributed by atoms with van der Waals surface area (Å²) in [7, 11) is 0. The zero-order valence-corrected chi connectivity index (χ0v) is 12.7. The molecule has 2 rings (SSSR count). The number of benzene rings is 1. The number of anilines is 1. The predicted octanol–water partition coefficient (Wildman–Crippen LogP) is 4.28. The SMILES string of the molecule is CC[C@@H](C)c1ccc(NC(=S)NCc2ccco2)cc1. The fourth-order valence-electron chi connectivity index (χ4n) is 1.89. The molecule has 0 unspecified atom stereocenters. The van der Waals surface area contributed by atoms with Crippen LogP contribution in [0, 0.1) is 0 Å².